The molecule has 0 radical (unpaired) electrons. The summed E-state index contributed by atoms with van der Waals surface area (Å²) < 4.78 is 18.9. The van der Waals surface area contributed by atoms with Crippen LogP contribution in [0.3, 0.4) is 0 Å². The minimum atomic E-state index is 0.0901. The van der Waals surface area contributed by atoms with Crippen LogP contribution in [-0.4, -0.2) is 21.3 Å². The molecule has 244 valence electrons. The molecule has 1 aliphatic rings. The summed E-state index contributed by atoms with van der Waals surface area (Å²) in [6.07, 6.45) is 0. The quantitative estimate of drug-likeness (QED) is 0.131. The van der Waals surface area contributed by atoms with Crippen LogP contribution in [0, 0.1) is 5.92 Å². The first-order valence-corrected chi connectivity index (χ1v) is 17.5. The Morgan fingerprint density at radius 2 is 0.725 bits per heavy atom. The highest BCUT2D eigenvalue weighted by atomic mass is 16.5. The van der Waals surface area contributed by atoms with E-state index in [2.05, 4.69) is 146 Å². The highest BCUT2D eigenvalue weighted by molar-refractivity contribution is 6.11. The Kier molecular flexibility index (Phi) is 6.66. The van der Waals surface area contributed by atoms with Gasteiger partial charge in [-0.15, -0.1) is 0 Å². The molecule has 0 saturated heterocycles. The van der Waals surface area contributed by atoms with Crippen LogP contribution < -0.4 is 14.2 Å². The summed E-state index contributed by atoms with van der Waals surface area (Å²) in [7, 11) is 5.40. The highest BCUT2D eigenvalue weighted by Gasteiger charge is 2.61. The normalized spacial score (nSPS) is 15.7. The zero-order chi connectivity index (χ0) is 34.2. The van der Waals surface area contributed by atoms with Crippen molar-refractivity contribution in [3.05, 3.63) is 168 Å². The van der Waals surface area contributed by atoms with Gasteiger partial charge in [-0.05, 0) is 74.5 Å². The SMILES string of the molecule is COc1c2ccccc2cc2cccc([C+]3C(c4cccc5cc6ccccc6c(OC)c45)C3c3cccc4cc5ccccc5c(OC)c34)c12. The van der Waals surface area contributed by atoms with Gasteiger partial charge in [0.2, 0.25) is 0 Å². The molecule has 9 aromatic rings. The van der Waals surface area contributed by atoms with Crippen LogP contribution in [0.5, 0.6) is 17.2 Å². The van der Waals surface area contributed by atoms with Gasteiger partial charge in [-0.1, -0.05) is 103 Å². The second kappa shape index (κ2) is 11.4. The van der Waals surface area contributed by atoms with Crippen LogP contribution in [0.4, 0.5) is 0 Å². The molecule has 0 N–H and O–H groups in total. The van der Waals surface area contributed by atoms with Gasteiger partial charge in [0, 0.05) is 38.4 Å². The van der Waals surface area contributed by atoms with Crippen molar-refractivity contribution < 1.29 is 14.2 Å². The van der Waals surface area contributed by atoms with Gasteiger partial charge in [-0.2, -0.15) is 0 Å². The summed E-state index contributed by atoms with van der Waals surface area (Å²) in [5, 5.41) is 13.9. The van der Waals surface area contributed by atoms with Gasteiger partial charge in [-0.25, -0.2) is 0 Å². The minimum absolute atomic E-state index is 0.0901. The molecule has 0 aliphatic heterocycles. The predicted octanol–water partition coefficient (Wildman–Crippen LogP) is 12.1. The molecule has 0 spiro atoms. The third kappa shape index (κ3) is 4.34. The van der Waals surface area contributed by atoms with Crippen LogP contribution in [0.2, 0.25) is 0 Å². The zero-order valence-corrected chi connectivity index (χ0v) is 28.7. The molecule has 10 rings (SSSR count). The van der Waals surface area contributed by atoms with Gasteiger partial charge in [0.25, 0.3) is 0 Å². The number of fused-ring (bicyclic) bond motifs is 6. The molecule has 2 atom stereocenters. The van der Waals surface area contributed by atoms with Crippen molar-refractivity contribution in [2.45, 2.75) is 11.8 Å². The topological polar surface area (TPSA) is 27.7 Å². The molecule has 0 aromatic heterocycles. The van der Waals surface area contributed by atoms with Crippen LogP contribution >= 0.6 is 0 Å². The standard InChI is InChI=1S/C48H35O3/c1-49-46-34-19-7-4-13-28(34)25-31-16-10-22-37(40(31)46)43-44(38-23-11-17-32-26-29-14-5-8-20-35(29)47(50-2)41(32)38)45(43)39-24-12-18-33-27-30-15-6-9-21-36(30)48(51-3)42(33)39/h4-27,43-44H,1-3H3/q+1. The first-order chi connectivity index (χ1) is 25.2. The van der Waals surface area contributed by atoms with Crippen molar-refractivity contribution in [2.75, 3.05) is 21.3 Å². The van der Waals surface area contributed by atoms with E-state index in [1.165, 1.54) is 65.7 Å². The lowest BCUT2D eigenvalue weighted by Crippen LogP contribution is -1.95. The molecule has 9 aromatic carbocycles. The largest absolute Gasteiger partial charge is 0.495 e. The van der Waals surface area contributed by atoms with E-state index in [1.807, 2.05) is 0 Å². The van der Waals surface area contributed by atoms with Crippen molar-refractivity contribution in [2.24, 2.45) is 0 Å². The maximum absolute atomic E-state index is 6.30. The summed E-state index contributed by atoms with van der Waals surface area (Å²) in [6, 6.07) is 52.6. The van der Waals surface area contributed by atoms with E-state index in [1.54, 1.807) is 21.3 Å². The Balaban J connectivity index is 1.30. The number of rotatable bonds is 6. The molecule has 0 heterocycles. The van der Waals surface area contributed by atoms with E-state index in [0.29, 0.717) is 0 Å². The van der Waals surface area contributed by atoms with Crippen molar-refractivity contribution in [3.63, 3.8) is 0 Å². The minimum Gasteiger partial charge on any atom is -0.495 e. The molecule has 3 heteroatoms. The van der Waals surface area contributed by atoms with Gasteiger partial charge >= 0.3 is 0 Å². The van der Waals surface area contributed by atoms with Crippen molar-refractivity contribution >= 4 is 64.6 Å². The summed E-state index contributed by atoms with van der Waals surface area (Å²) in [5.41, 5.74) is 3.76. The second-order valence-electron chi connectivity index (χ2n) is 13.6. The van der Waals surface area contributed by atoms with Crippen LogP contribution in [0.15, 0.2) is 146 Å². The maximum atomic E-state index is 6.30. The lowest BCUT2D eigenvalue weighted by molar-refractivity contribution is 0.424. The van der Waals surface area contributed by atoms with Crippen molar-refractivity contribution in [1.29, 1.82) is 0 Å². The monoisotopic (exact) mass is 659 g/mol. The smallest absolute Gasteiger partial charge is 0.192 e. The molecule has 2 unspecified atom stereocenters. The molecule has 3 nitrogen and oxygen atoms in total. The van der Waals surface area contributed by atoms with Gasteiger partial charge in [-0.3, -0.25) is 0 Å². The highest BCUT2D eigenvalue weighted by Crippen LogP contribution is 2.69. The van der Waals surface area contributed by atoms with E-state index in [-0.39, 0.29) is 11.8 Å². The van der Waals surface area contributed by atoms with Gasteiger partial charge in [0.05, 0.1) is 39.1 Å². The Labute approximate surface area is 296 Å². The Hall–Kier alpha value is -6.19. The van der Waals surface area contributed by atoms with Crippen LogP contribution in [0.1, 0.15) is 28.5 Å². The lowest BCUT2D eigenvalue weighted by atomic mass is 9.92. The fourth-order valence-corrected chi connectivity index (χ4v) is 8.97. The third-order valence-corrected chi connectivity index (χ3v) is 11.1. The first kappa shape index (κ1) is 29.7. The summed E-state index contributed by atoms with van der Waals surface area (Å²) in [4.78, 5) is 0. The molecule has 1 saturated carbocycles. The van der Waals surface area contributed by atoms with E-state index >= 15 is 0 Å². The van der Waals surface area contributed by atoms with Crippen LogP contribution in [-0.2, 0) is 0 Å². The summed E-state index contributed by atoms with van der Waals surface area (Å²) in [5.74, 6) is 4.32. The molecule has 0 bridgehead atoms. The average Bonchev–Trinajstić information content (AvgIpc) is 3.92. The fraction of sp³-hybridized carbons (Fsp3) is 0.104. The number of benzene rings is 9. The van der Waals surface area contributed by atoms with Crippen molar-refractivity contribution in [3.8, 4) is 17.2 Å². The molecule has 0 amide bonds. The molecular weight excluding hydrogens is 625 g/mol. The molecule has 1 aliphatic carbocycles. The number of methoxy groups -OCH3 is 3. The Bertz CT molecular complexity index is 2530. The molecule has 51 heavy (non-hydrogen) atoms. The Morgan fingerprint density at radius 3 is 1.16 bits per heavy atom. The third-order valence-electron chi connectivity index (χ3n) is 11.1. The van der Waals surface area contributed by atoms with Gasteiger partial charge in [0.1, 0.15) is 22.4 Å². The Morgan fingerprint density at radius 1 is 0.373 bits per heavy atom. The molecular formula is C48H35O3+. The van der Waals surface area contributed by atoms with Gasteiger partial charge in [0.15, 0.2) is 5.75 Å². The van der Waals surface area contributed by atoms with E-state index in [4.69, 9.17) is 14.2 Å². The number of ether oxygens (including phenoxy) is 3. The summed E-state index contributed by atoms with van der Waals surface area (Å²) in [6.45, 7) is 0. The first-order valence-electron chi connectivity index (χ1n) is 17.5. The van der Waals surface area contributed by atoms with Gasteiger partial charge < -0.3 is 14.2 Å². The number of hydrogen-bond donors (Lipinski definition) is 0. The van der Waals surface area contributed by atoms with Crippen molar-refractivity contribution in [1.82, 2.24) is 0 Å². The lowest BCUT2D eigenvalue weighted by Gasteiger charge is -2.15. The maximum Gasteiger partial charge on any atom is 0.192 e. The van der Waals surface area contributed by atoms with E-state index < -0.39 is 0 Å². The van der Waals surface area contributed by atoms with E-state index in [0.717, 1.165) is 38.8 Å². The molecule has 1 fully saturated rings. The fourth-order valence-electron chi connectivity index (χ4n) is 8.97. The average molecular weight is 660 g/mol. The second-order valence-corrected chi connectivity index (χ2v) is 13.6. The zero-order valence-electron chi connectivity index (χ0n) is 28.7. The predicted molar refractivity (Wildman–Crippen MR) is 212 cm³/mol. The summed E-state index contributed by atoms with van der Waals surface area (Å²) >= 11 is 0. The van der Waals surface area contributed by atoms with Crippen LogP contribution in [0.25, 0.3) is 64.6 Å². The number of hydrogen-bond acceptors (Lipinski definition) is 3. The van der Waals surface area contributed by atoms with E-state index in [9.17, 15) is 0 Å².